The van der Waals surface area contributed by atoms with Gasteiger partial charge in [0, 0.05) is 5.56 Å². The predicted molar refractivity (Wildman–Crippen MR) is 131 cm³/mol. The third-order valence-corrected chi connectivity index (χ3v) is 5.69. The number of hydrogen-bond acceptors (Lipinski definition) is 4. The van der Waals surface area contributed by atoms with E-state index in [0.29, 0.717) is 11.5 Å². The average Bonchev–Trinajstić information content (AvgIpc) is 2.84. The van der Waals surface area contributed by atoms with Gasteiger partial charge in [0.1, 0.15) is 11.4 Å². The van der Waals surface area contributed by atoms with Gasteiger partial charge in [-0.15, -0.1) is 0 Å². The summed E-state index contributed by atoms with van der Waals surface area (Å²) in [5, 5.41) is 12.4. The molecule has 162 valence electrons. The van der Waals surface area contributed by atoms with Crippen LogP contribution in [-0.2, 0) is 24.1 Å². The Balaban J connectivity index is 1.50. The van der Waals surface area contributed by atoms with Crippen molar-refractivity contribution in [1.29, 1.82) is 0 Å². The molecule has 1 amide bonds. The molecule has 0 spiro atoms. The molecular weight excluding hydrogens is 410 g/mol. The maximum atomic E-state index is 12.8. The SMILES string of the molecule is O=C(Cc1ccc(O)cc1)Nc1nc2c(nc1/C=C/c1ccccc1)-c1ccccc1CC2. The monoisotopic (exact) mass is 433 g/mol. The first-order valence-electron chi connectivity index (χ1n) is 11.0. The number of benzene rings is 3. The smallest absolute Gasteiger partial charge is 0.230 e. The van der Waals surface area contributed by atoms with Crippen molar-refractivity contribution >= 4 is 23.9 Å². The highest BCUT2D eigenvalue weighted by Crippen LogP contribution is 2.33. The highest BCUT2D eigenvalue weighted by atomic mass is 16.3. The Labute approximate surface area is 192 Å². The van der Waals surface area contributed by atoms with E-state index in [1.165, 1.54) is 5.56 Å². The highest BCUT2D eigenvalue weighted by molar-refractivity contribution is 5.93. The number of anilines is 1. The minimum Gasteiger partial charge on any atom is -0.508 e. The van der Waals surface area contributed by atoms with E-state index in [1.54, 1.807) is 24.3 Å². The van der Waals surface area contributed by atoms with Crippen LogP contribution in [0.1, 0.15) is 28.1 Å². The fourth-order valence-electron chi connectivity index (χ4n) is 4.02. The maximum absolute atomic E-state index is 12.8. The van der Waals surface area contributed by atoms with E-state index in [2.05, 4.69) is 17.4 Å². The zero-order chi connectivity index (χ0) is 22.6. The first kappa shape index (κ1) is 20.6. The van der Waals surface area contributed by atoms with E-state index in [4.69, 9.17) is 9.97 Å². The highest BCUT2D eigenvalue weighted by Gasteiger charge is 2.21. The molecule has 0 fully saturated rings. The van der Waals surface area contributed by atoms with Crippen LogP contribution in [-0.4, -0.2) is 21.0 Å². The second kappa shape index (κ2) is 9.09. The number of amides is 1. The molecule has 3 aromatic carbocycles. The molecule has 0 bridgehead atoms. The first-order valence-corrected chi connectivity index (χ1v) is 11.0. The number of nitrogens with one attached hydrogen (secondary N) is 1. The second-order valence-corrected chi connectivity index (χ2v) is 8.05. The van der Waals surface area contributed by atoms with E-state index in [0.717, 1.165) is 40.9 Å². The quantitative estimate of drug-likeness (QED) is 0.448. The minimum absolute atomic E-state index is 0.174. The summed E-state index contributed by atoms with van der Waals surface area (Å²) in [5.74, 6) is 0.456. The Morgan fingerprint density at radius 2 is 1.64 bits per heavy atom. The van der Waals surface area contributed by atoms with E-state index < -0.39 is 0 Å². The molecule has 0 radical (unpaired) electrons. The van der Waals surface area contributed by atoms with Gasteiger partial charge in [-0.3, -0.25) is 4.79 Å². The van der Waals surface area contributed by atoms with Crippen molar-refractivity contribution in [3.05, 3.63) is 107 Å². The number of nitrogens with zero attached hydrogens (tertiary/aromatic N) is 2. The summed E-state index contributed by atoms with van der Waals surface area (Å²) < 4.78 is 0. The predicted octanol–water partition coefficient (Wildman–Crippen LogP) is 5.30. The van der Waals surface area contributed by atoms with Crippen LogP contribution in [0.4, 0.5) is 5.82 Å². The summed E-state index contributed by atoms with van der Waals surface area (Å²) >= 11 is 0. The van der Waals surface area contributed by atoms with Crippen molar-refractivity contribution in [2.45, 2.75) is 19.3 Å². The number of phenolic OH excluding ortho intramolecular Hbond substituents is 1. The molecule has 0 saturated carbocycles. The summed E-state index contributed by atoms with van der Waals surface area (Å²) in [7, 11) is 0. The lowest BCUT2D eigenvalue weighted by atomic mass is 9.92. The van der Waals surface area contributed by atoms with Gasteiger partial charge in [0.05, 0.1) is 17.8 Å². The van der Waals surface area contributed by atoms with Crippen LogP contribution >= 0.6 is 0 Å². The fraction of sp³-hybridized carbons (Fsp3) is 0.107. The van der Waals surface area contributed by atoms with Gasteiger partial charge in [-0.2, -0.15) is 0 Å². The molecule has 0 saturated heterocycles. The topological polar surface area (TPSA) is 75.1 Å². The maximum Gasteiger partial charge on any atom is 0.230 e. The number of fused-ring (bicyclic) bond motifs is 3. The Morgan fingerprint density at radius 3 is 2.45 bits per heavy atom. The molecule has 0 aliphatic heterocycles. The molecule has 0 atom stereocenters. The lowest BCUT2D eigenvalue weighted by Gasteiger charge is -2.20. The molecule has 33 heavy (non-hydrogen) atoms. The van der Waals surface area contributed by atoms with E-state index in [1.807, 2.05) is 54.6 Å². The van der Waals surface area contributed by atoms with Gasteiger partial charge in [-0.05, 0) is 47.7 Å². The summed E-state index contributed by atoms with van der Waals surface area (Å²) in [4.78, 5) is 22.6. The number of aromatic hydroxyl groups is 1. The van der Waals surface area contributed by atoms with Crippen molar-refractivity contribution in [3.8, 4) is 17.0 Å². The second-order valence-electron chi connectivity index (χ2n) is 8.05. The van der Waals surface area contributed by atoms with E-state index >= 15 is 0 Å². The molecule has 1 aromatic heterocycles. The number of rotatable bonds is 5. The number of aryl methyl sites for hydroxylation is 2. The number of phenols is 1. The standard InChI is InChI=1S/C28H23N3O2/c32-22-14-10-20(11-15-22)18-26(33)31-28-25(16-12-19-6-2-1-3-7-19)29-27-23-9-5-4-8-21(23)13-17-24(27)30-28/h1-12,14-16,32H,13,17-18H2,(H,30,31,33)/b16-12+. The largest absolute Gasteiger partial charge is 0.508 e. The zero-order valence-corrected chi connectivity index (χ0v) is 18.0. The van der Waals surface area contributed by atoms with Crippen molar-refractivity contribution in [2.75, 3.05) is 5.32 Å². The minimum atomic E-state index is -0.180. The van der Waals surface area contributed by atoms with Gasteiger partial charge in [-0.25, -0.2) is 9.97 Å². The Hall–Kier alpha value is -4.25. The zero-order valence-electron chi connectivity index (χ0n) is 18.0. The fourth-order valence-corrected chi connectivity index (χ4v) is 4.02. The normalized spacial score (nSPS) is 12.2. The van der Waals surface area contributed by atoms with Crippen molar-refractivity contribution in [1.82, 2.24) is 9.97 Å². The lowest BCUT2D eigenvalue weighted by Crippen LogP contribution is -2.19. The molecule has 5 nitrogen and oxygen atoms in total. The molecule has 2 N–H and O–H groups in total. The number of aromatic nitrogens is 2. The molecule has 1 aliphatic carbocycles. The number of carbonyl (C=O) groups excluding carboxylic acids is 1. The third kappa shape index (κ3) is 4.67. The van der Waals surface area contributed by atoms with Gasteiger partial charge < -0.3 is 10.4 Å². The summed E-state index contributed by atoms with van der Waals surface area (Å²) in [6.45, 7) is 0. The van der Waals surface area contributed by atoms with Gasteiger partial charge in [0.25, 0.3) is 0 Å². The molecule has 5 rings (SSSR count). The van der Waals surface area contributed by atoms with Crippen molar-refractivity contribution in [3.63, 3.8) is 0 Å². The van der Waals surface area contributed by atoms with Gasteiger partial charge >= 0.3 is 0 Å². The lowest BCUT2D eigenvalue weighted by molar-refractivity contribution is -0.115. The summed E-state index contributed by atoms with van der Waals surface area (Å²) in [6, 6.07) is 24.9. The van der Waals surface area contributed by atoms with E-state index in [9.17, 15) is 9.90 Å². The molecule has 5 heteroatoms. The Kier molecular flexibility index (Phi) is 5.68. The third-order valence-electron chi connectivity index (χ3n) is 5.69. The number of carbonyl (C=O) groups is 1. The van der Waals surface area contributed by atoms with Crippen LogP contribution in [0.15, 0.2) is 78.9 Å². The van der Waals surface area contributed by atoms with Crippen LogP contribution in [0, 0.1) is 0 Å². The van der Waals surface area contributed by atoms with Crippen LogP contribution in [0.5, 0.6) is 5.75 Å². The molecular formula is C28H23N3O2. The Bertz CT molecular complexity index is 1330. The van der Waals surface area contributed by atoms with Crippen molar-refractivity contribution < 1.29 is 9.90 Å². The van der Waals surface area contributed by atoms with Crippen LogP contribution in [0.2, 0.25) is 0 Å². The molecule has 1 heterocycles. The average molecular weight is 434 g/mol. The summed E-state index contributed by atoms with van der Waals surface area (Å²) in [6.07, 6.45) is 5.74. The number of hydrogen-bond donors (Lipinski definition) is 2. The van der Waals surface area contributed by atoms with Crippen LogP contribution in [0.3, 0.4) is 0 Å². The molecule has 1 aliphatic rings. The van der Waals surface area contributed by atoms with Gasteiger partial charge in [0.2, 0.25) is 5.91 Å². The van der Waals surface area contributed by atoms with Crippen LogP contribution < -0.4 is 5.32 Å². The van der Waals surface area contributed by atoms with Gasteiger partial charge in [0.15, 0.2) is 5.82 Å². The molecule has 4 aromatic rings. The Morgan fingerprint density at radius 1 is 0.879 bits per heavy atom. The van der Waals surface area contributed by atoms with Crippen LogP contribution in [0.25, 0.3) is 23.4 Å². The molecule has 0 unspecified atom stereocenters. The first-order chi connectivity index (χ1) is 16.2. The summed E-state index contributed by atoms with van der Waals surface area (Å²) in [5.41, 5.74) is 6.61. The van der Waals surface area contributed by atoms with E-state index in [-0.39, 0.29) is 18.1 Å². The van der Waals surface area contributed by atoms with Gasteiger partial charge in [-0.1, -0.05) is 72.8 Å². The van der Waals surface area contributed by atoms with Crippen molar-refractivity contribution in [2.24, 2.45) is 0 Å².